The summed E-state index contributed by atoms with van der Waals surface area (Å²) in [6.07, 6.45) is 1.77. The lowest BCUT2D eigenvalue weighted by molar-refractivity contribution is 0.0781. The van der Waals surface area contributed by atoms with Crippen LogP contribution in [0.2, 0.25) is 0 Å². The maximum Gasteiger partial charge on any atom is 0.253 e. The quantitative estimate of drug-likeness (QED) is 0.857. The van der Waals surface area contributed by atoms with Crippen molar-refractivity contribution in [3.8, 4) is 0 Å². The molecule has 20 heavy (non-hydrogen) atoms. The van der Waals surface area contributed by atoms with Crippen LogP contribution >= 0.6 is 0 Å². The first-order chi connectivity index (χ1) is 9.52. The molecule has 0 radical (unpaired) electrons. The molecule has 0 spiro atoms. The standard InChI is InChI=1S/C16H21N3O/c1-5-19-15(8-9-17-19)11-18(4)16(20)14-7-6-12(2)13(3)10-14/h6-10H,5,11H2,1-4H3. The van der Waals surface area contributed by atoms with Crippen LogP contribution < -0.4 is 0 Å². The van der Waals surface area contributed by atoms with Crippen molar-refractivity contribution in [1.82, 2.24) is 14.7 Å². The van der Waals surface area contributed by atoms with Crippen molar-refractivity contribution < 1.29 is 4.79 Å². The molecule has 2 rings (SSSR count). The van der Waals surface area contributed by atoms with E-state index in [9.17, 15) is 4.79 Å². The number of amides is 1. The molecule has 1 aromatic carbocycles. The van der Waals surface area contributed by atoms with E-state index in [4.69, 9.17) is 0 Å². The normalized spacial score (nSPS) is 10.6. The highest BCUT2D eigenvalue weighted by Gasteiger charge is 2.14. The smallest absolute Gasteiger partial charge is 0.253 e. The zero-order chi connectivity index (χ0) is 14.7. The van der Waals surface area contributed by atoms with Crippen molar-refractivity contribution in [2.75, 3.05) is 7.05 Å². The van der Waals surface area contributed by atoms with Crippen LogP contribution in [0.15, 0.2) is 30.5 Å². The van der Waals surface area contributed by atoms with E-state index < -0.39 is 0 Å². The molecule has 0 N–H and O–H groups in total. The second-order valence-corrected chi connectivity index (χ2v) is 5.10. The van der Waals surface area contributed by atoms with Crippen molar-refractivity contribution >= 4 is 5.91 Å². The highest BCUT2D eigenvalue weighted by Crippen LogP contribution is 2.13. The molecule has 0 fully saturated rings. The van der Waals surface area contributed by atoms with Crippen molar-refractivity contribution in [3.05, 3.63) is 52.8 Å². The van der Waals surface area contributed by atoms with Gasteiger partial charge in [0.05, 0.1) is 12.2 Å². The number of nitrogens with zero attached hydrogens (tertiary/aromatic N) is 3. The maximum atomic E-state index is 12.4. The van der Waals surface area contributed by atoms with Crippen LogP contribution in [0.5, 0.6) is 0 Å². The topological polar surface area (TPSA) is 38.1 Å². The molecule has 4 nitrogen and oxygen atoms in total. The van der Waals surface area contributed by atoms with E-state index >= 15 is 0 Å². The third kappa shape index (κ3) is 2.90. The predicted octanol–water partition coefficient (Wildman–Crippen LogP) is 2.79. The molecule has 0 aliphatic rings. The Morgan fingerprint density at radius 2 is 2.00 bits per heavy atom. The monoisotopic (exact) mass is 271 g/mol. The summed E-state index contributed by atoms with van der Waals surface area (Å²) in [6.45, 7) is 7.50. The van der Waals surface area contributed by atoms with E-state index in [1.54, 1.807) is 11.1 Å². The van der Waals surface area contributed by atoms with Crippen LogP contribution in [-0.2, 0) is 13.1 Å². The highest BCUT2D eigenvalue weighted by molar-refractivity contribution is 5.94. The lowest BCUT2D eigenvalue weighted by atomic mass is 10.1. The van der Waals surface area contributed by atoms with Crippen LogP contribution in [0.1, 0.15) is 34.1 Å². The van der Waals surface area contributed by atoms with E-state index in [-0.39, 0.29) is 5.91 Å². The molecule has 0 saturated heterocycles. The Bertz CT molecular complexity index is 616. The molecule has 0 atom stereocenters. The van der Waals surface area contributed by atoms with Gasteiger partial charge in [0.25, 0.3) is 5.91 Å². The van der Waals surface area contributed by atoms with Gasteiger partial charge in [-0.05, 0) is 50.1 Å². The molecular weight excluding hydrogens is 250 g/mol. The minimum absolute atomic E-state index is 0.0388. The van der Waals surface area contributed by atoms with Gasteiger partial charge in [-0.3, -0.25) is 9.48 Å². The number of hydrogen-bond donors (Lipinski definition) is 0. The lowest BCUT2D eigenvalue weighted by Gasteiger charge is -2.18. The van der Waals surface area contributed by atoms with Crippen LogP contribution in [0.25, 0.3) is 0 Å². The van der Waals surface area contributed by atoms with E-state index in [2.05, 4.69) is 5.10 Å². The molecule has 2 aromatic rings. The zero-order valence-electron chi connectivity index (χ0n) is 12.6. The fourth-order valence-corrected chi connectivity index (χ4v) is 2.19. The Morgan fingerprint density at radius 3 is 2.65 bits per heavy atom. The van der Waals surface area contributed by atoms with Crippen LogP contribution in [0, 0.1) is 13.8 Å². The number of carbonyl (C=O) groups is 1. The van der Waals surface area contributed by atoms with Gasteiger partial charge in [0.1, 0.15) is 0 Å². The van der Waals surface area contributed by atoms with Gasteiger partial charge in [-0.15, -0.1) is 0 Å². The maximum absolute atomic E-state index is 12.4. The Hall–Kier alpha value is -2.10. The van der Waals surface area contributed by atoms with Crippen molar-refractivity contribution in [2.24, 2.45) is 0 Å². The summed E-state index contributed by atoms with van der Waals surface area (Å²) >= 11 is 0. The van der Waals surface area contributed by atoms with Gasteiger partial charge in [0.15, 0.2) is 0 Å². The Morgan fingerprint density at radius 1 is 1.25 bits per heavy atom. The Kier molecular flexibility index (Phi) is 4.23. The molecular formula is C16H21N3O. The fraction of sp³-hybridized carbons (Fsp3) is 0.375. The molecule has 4 heteroatoms. The van der Waals surface area contributed by atoms with E-state index in [1.807, 2.05) is 56.8 Å². The lowest BCUT2D eigenvalue weighted by Crippen LogP contribution is -2.27. The van der Waals surface area contributed by atoms with Crippen molar-refractivity contribution in [1.29, 1.82) is 0 Å². The fourth-order valence-electron chi connectivity index (χ4n) is 2.19. The van der Waals surface area contributed by atoms with Gasteiger partial charge in [-0.1, -0.05) is 6.07 Å². The van der Waals surface area contributed by atoms with Crippen molar-refractivity contribution in [2.45, 2.75) is 33.9 Å². The van der Waals surface area contributed by atoms with Gasteiger partial charge in [0.2, 0.25) is 0 Å². The summed E-state index contributed by atoms with van der Waals surface area (Å²) in [7, 11) is 1.82. The molecule has 0 saturated carbocycles. The first kappa shape index (κ1) is 14.3. The average Bonchev–Trinajstić information content (AvgIpc) is 2.88. The van der Waals surface area contributed by atoms with Gasteiger partial charge in [0, 0.05) is 25.4 Å². The number of rotatable bonds is 4. The van der Waals surface area contributed by atoms with Crippen LogP contribution in [0.3, 0.4) is 0 Å². The third-order valence-electron chi connectivity index (χ3n) is 3.60. The summed E-state index contributed by atoms with van der Waals surface area (Å²) in [5.74, 6) is 0.0388. The summed E-state index contributed by atoms with van der Waals surface area (Å²) < 4.78 is 1.91. The highest BCUT2D eigenvalue weighted by atomic mass is 16.2. The molecule has 0 unspecified atom stereocenters. The number of hydrogen-bond acceptors (Lipinski definition) is 2. The Balaban J connectivity index is 2.14. The Labute approximate surface area is 120 Å². The largest absolute Gasteiger partial charge is 0.336 e. The van der Waals surface area contributed by atoms with Gasteiger partial charge < -0.3 is 4.90 Å². The molecule has 1 aromatic heterocycles. The second-order valence-electron chi connectivity index (χ2n) is 5.10. The number of aryl methyl sites for hydroxylation is 3. The summed E-state index contributed by atoms with van der Waals surface area (Å²) in [5, 5.41) is 4.22. The van der Waals surface area contributed by atoms with Gasteiger partial charge in [-0.25, -0.2) is 0 Å². The minimum atomic E-state index is 0.0388. The third-order valence-corrected chi connectivity index (χ3v) is 3.60. The number of benzene rings is 1. The summed E-state index contributed by atoms with van der Waals surface area (Å²) in [4.78, 5) is 14.2. The van der Waals surface area contributed by atoms with Gasteiger partial charge in [-0.2, -0.15) is 5.10 Å². The summed E-state index contributed by atoms with van der Waals surface area (Å²) in [5.41, 5.74) is 4.13. The van der Waals surface area contributed by atoms with E-state index in [0.717, 1.165) is 23.4 Å². The molecule has 0 bridgehead atoms. The predicted molar refractivity (Wildman–Crippen MR) is 79.6 cm³/mol. The molecule has 0 aliphatic heterocycles. The number of aromatic nitrogens is 2. The average molecular weight is 271 g/mol. The molecule has 106 valence electrons. The zero-order valence-corrected chi connectivity index (χ0v) is 12.6. The second kappa shape index (κ2) is 5.90. The molecule has 0 aliphatic carbocycles. The molecule has 1 heterocycles. The number of carbonyl (C=O) groups excluding carboxylic acids is 1. The first-order valence-electron chi connectivity index (χ1n) is 6.86. The minimum Gasteiger partial charge on any atom is -0.336 e. The van der Waals surface area contributed by atoms with Gasteiger partial charge >= 0.3 is 0 Å². The van der Waals surface area contributed by atoms with Crippen LogP contribution in [0.4, 0.5) is 0 Å². The SMILES string of the molecule is CCn1nccc1CN(C)C(=O)c1ccc(C)c(C)c1. The van der Waals surface area contributed by atoms with E-state index in [1.165, 1.54) is 5.56 Å². The first-order valence-corrected chi connectivity index (χ1v) is 6.86. The summed E-state index contributed by atoms with van der Waals surface area (Å²) in [6, 6.07) is 7.78. The van der Waals surface area contributed by atoms with Crippen molar-refractivity contribution in [3.63, 3.8) is 0 Å². The van der Waals surface area contributed by atoms with Crippen LogP contribution in [-0.4, -0.2) is 27.6 Å². The van der Waals surface area contributed by atoms with E-state index in [0.29, 0.717) is 6.54 Å². The molecule has 1 amide bonds.